The monoisotopic (exact) mass is 546 g/mol. The quantitative estimate of drug-likeness (QED) is 0.178. The predicted molar refractivity (Wildman–Crippen MR) is 179 cm³/mol. The molecule has 0 aromatic heterocycles. The molecule has 2 atom stereocenters. The molecule has 0 heterocycles. The van der Waals surface area contributed by atoms with Crippen molar-refractivity contribution in [2.24, 2.45) is 5.92 Å². The number of allylic oxidation sites excluding steroid dienone is 4. The van der Waals surface area contributed by atoms with E-state index in [-0.39, 0.29) is 0 Å². The summed E-state index contributed by atoms with van der Waals surface area (Å²) in [5.74, 6) is 0.710. The van der Waals surface area contributed by atoms with Crippen LogP contribution in [0.3, 0.4) is 0 Å². The number of benzene rings is 3. The molecule has 0 bridgehead atoms. The van der Waals surface area contributed by atoms with Crippen LogP contribution >= 0.6 is 0 Å². The molecule has 1 heteroatoms. The number of aryl methyl sites for hydroxylation is 6. The summed E-state index contributed by atoms with van der Waals surface area (Å²) < 4.78 is 0. The Kier molecular flexibility index (Phi) is 9.00. The largest absolute Gasteiger partial charge is 0.155 e. The maximum Gasteiger partial charge on any atom is 0.155 e. The molecular weight excluding hydrogens is 497 g/mol. The van der Waals surface area contributed by atoms with Crippen LogP contribution in [0.15, 0.2) is 78.4 Å². The topological polar surface area (TPSA) is 0 Å². The zero-order chi connectivity index (χ0) is 28.3. The lowest BCUT2D eigenvalue weighted by molar-refractivity contribution is 0.633. The third-order valence-electron chi connectivity index (χ3n) is 10.0. The Morgan fingerprint density at radius 3 is 1.25 bits per heavy atom. The third-order valence-corrected chi connectivity index (χ3v) is 15.3. The Balaban J connectivity index is 1.96. The van der Waals surface area contributed by atoms with Crippen LogP contribution in [0.1, 0.15) is 94.2 Å². The van der Waals surface area contributed by atoms with E-state index in [1.165, 1.54) is 52.6 Å². The summed E-state index contributed by atoms with van der Waals surface area (Å²) in [7, 11) is -2.49. The fraction of sp³-hybridized carbons (Fsp3) is 0.436. The summed E-state index contributed by atoms with van der Waals surface area (Å²) in [6.07, 6.45) is 17.7. The smallest absolute Gasteiger partial charge is 0.0839 e. The molecule has 5 rings (SSSR count). The second-order valence-corrected chi connectivity index (χ2v) is 16.2. The highest BCUT2D eigenvalue weighted by atomic mass is 28.3. The van der Waals surface area contributed by atoms with Crippen LogP contribution < -0.4 is 15.6 Å². The van der Waals surface area contributed by atoms with Gasteiger partial charge in [-0.25, -0.2) is 0 Å². The highest BCUT2D eigenvalue weighted by Crippen LogP contribution is 2.49. The fourth-order valence-corrected chi connectivity index (χ4v) is 13.8. The third kappa shape index (κ3) is 5.23. The molecule has 2 aliphatic carbocycles. The number of hydrogen-bond acceptors (Lipinski definition) is 0. The van der Waals surface area contributed by atoms with Gasteiger partial charge in [0.2, 0.25) is 0 Å². The highest BCUT2D eigenvalue weighted by molar-refractivity contribution is 7.12. The molecular formula is C39H50Si. The van der Waals surface area contributed by atoms with Crippen LogP contribution in [0, 0.1) is 5.92 Å². The summed E-state index contributed by atoms with van der Waals surface area (Å²) >= 11 is 0. The van der Waals surface area contributed by atoms with Crippen LogP contribution in [0.25, 0.3) is 0 Å². The van der Waals surface area contributed by atoms with E-state index < -0.39 is 8.07 Å². The Morgan fingerprint density at radius 2 is 0.900 bits per heavy atom. The van der Waals surface area contributed by atoms with Crippen LogP contribution in [-0.2, 0) is 38.5 Å². The van der Waals surface area contributed by atoms with Crippen molar-refractivity contribution in [3.63, 3.8) is 0 Å². The molecule has 3 aromatic carbocycles. The van der Waals surface area contributed by atoms with Gasteiger partial charge in [0.1, 0.15) is 0 Å². The molecule has 2 aliphatic rings. The minimum Gasteiger partial charge on any atom is -0.0839 e. The maximum atomic E-state index is 2.65. The van der Waals surface area contributed by atoms with Crippen LogP contribution in [0.5, 0.6) is 0 Å². The molecule has 0 spiro atoms. The summed E-state index contributed by atoms with van der Waals surface area (Å²) in [4.78, 5) is 0. The minimum atomic E-state index is -2.49. The van der Waals surface area contributed by atoms with Gasteiger partial charge in [-0.1, -0.05) is 120 Å². The van der Waals surface area contributed by atoms with Gasteiger partial charge in [-0.3, -0.25) is 0 Å². The minimum absolute atomic E-state index is 0.591. The molecule has 0 amide bonds. The Hall–Kier alpha value is -2.64. The van der Waals surface area contributed by atoms with Gasteiger partial charge in [0.15, 0.2) is 8.07 Å². The van der Waals surface area contributed by atoms with Crippen molar-refractivity contribution in [1.82, 2.24) is 0 Å². The van der Waals surface area contributed by atoms with Gasteiger partial charge in [-0.15, -0.1) is 0 Å². The first kappa shape index (κ1) is 28.9. The molecule has 0 saturated heterocycles. The van der Waals surface area contributed by atoms with Crippen molar-refractivity contribution in [3.05, 3.63) is 112 Å². The first-order valence-electron chi connectivity index (χ1n) is 16.3. The summed E-state index contributed by atoms with van der Waals surface area (Å²) in [6.45, 7) is 14.0. The zero-order valence-corrected chi connectivity index (χ0v) is 26.9. The van der Waals surface area contributed by atoms with E-state index in [9.17, 15) is 0 Å². The maximum absolute atomic E-state index is 2.65. The average Bonchev–Trinajstić information content (AvgIpc) is 3.45. The van der Waals surface area contributed by atoms with Crippen molar-refractivity contribution in [3.8, 4) is 0 Å². The molecule has 1 saturated carbocycles. The van der Waals surface area contributed by atoms with E-state index in [0.717, 1.165) is 38.5 Å². The van der Waals surface area contributed by atoms with E-state index in [0.29, 0.717) is 11.5 Å². The first-order valence-corrected chi connectivity index (χ1v) is 18.3. The van der Waals surface area contributed by atoms with Crippen LogP contribution in [0.2, 0.25) is 5.54 Å². The average molecular weight is 547 g/mol. The molecule has 0 nitrogen and oxygen atoms in total. The van der Waals surface area contributed by atoms with Crippen molar-refractivity contribution in [2.45, 2.75) is 105 Å². The summed E-state index contributed by atoms with van der Waals surface area (Å²) in [6, 6.07) is 23.3. The molecule has 1 fully saturated rings. The van der Waals surface area contributed by atoms with Gasteiger partial charge in [0.25, 0.3) is 0 Å². The SMILES string of the molecule is CCc1cc(CC)cc([Si](c2cc(CC)cc(CC)c2)(c2cc(CC)cc(CC)c2)C2CCC3CC=CC=C32)c1. The van der Waals surface area contributed by atoms with Crippen molar-refractivity contribution in [1.29, 1.82) is 0 Å². The summed E-state index contributed by atoms with van der Waals surface area (Å²) in [5, 5.41) is 4.95. The molecule has 0 aliphatic heterocycles. The number of rotatable bonds is 10. The van der Waals surface area contributed by atoms with Crippen molar-refractivity contribution in [2.75, 3.05) is 0 Å². The molecule has 0 radical (unpaired) electrons. The van der Waals surface area contributed by atoms with Gasteiger partial charge >= 0.3 is 0 Å². The molecule has 2 unspecified atom stereocenters. The molecule has 3 aromatic rings. The fourth-order valence-electron chi connectivity index (χ4n) is 7.68. The first-order chi connectivity index (χ1) is 19.5. The molecule has 40 heavy (non-hydrogen) atoms. The van der Waals surface area contributed by atoms with Gasteiger partial charge in [-0.05, 0) is 118 Å². The van der Waals surface area contributed by atoms with Crippen molar-refractivity contribution < 1.29 is 0 Å². The van der Waals surface area contributed by atoms with Gasteiger partial charge in [-0.2, -0.15) is 0 Å². The van der Waals surface area contributed by atoms with E-state index in [1.807, 2.05) is 0 Å². The van der Waals surface area contributed by atoms with Gasteiger partial charge < -0.3 is 0 Å². The number of hydrogen-bond donors (Lipinski definition) is 0. The summed E-state index contributed by atoms with van der Waals surface area (Å²) in [5.41, 5.74) is 11.4. The lowest BCUT2D eigenvalue weighted by Crippen LogP contribution is -2.70. The van der Waals surface area contributed by atoms with E-state index >= 15 is 0 Å². The zero-order valence-electron chi connectivity index (χ0n) is 25.9. The van der Waals surface area contributed by atoms with Crippen molar-refractivity contribution >= 4 is 23.6 Å². The normalized spacial score (nSPS) is 18.6. The Bertz CT molecular complexity index is 1200. The van der Waals surface area contributed by atoms with E-state index in [1.54, 1.807) is 21.1 Å². The van der Waals surface area contributed by atoms with Gasteiger partial charge in [0.05, 0.1) is 0 Å². The lowest BCUT2D eigenvalue weighted by atomic mass is 9.95. The molecule has 0 N–H and O–H groups in total. The van der Waals surface area contributed by atoms with Crippen LogP contribution in [-0.4, -0.2) is 8.07 Å². The standard InChI is InChI=1S/C39H50Si/c1-7-28-19-29(8-2)23-35(22-28)40(36-24-30(9-3)20-31(10-4)25-36,37-26-32(11-5)21-33(12-6)27-37)39-18-17-34-15-13-14-16-38(34)39/h13-14,16,19-27,34,39H,7-12,15,17-18H2,1-6H3. The second kappa shape index (κ2) is 12.5. The Labute approximate surface area is 245 Å². The van der Waals surface area contributed by atoms with Gasteiger partial charge in [0, 0.05) is 0 Å². The highest BCUT2D eigenvalue weighted by Gasteiger charge is 2.51. The lowest BCUT2D eigenvalue weighted by Gasteiger charge is -2.42. The van der Waals surface area contributed by atoms with E-state index in [2.05, 4.69) is 114 Å². The predicted octanol–water partition coefficient (Wildman–Crippen LogP) is 8.20. The number of fused-ring (bicyclic) bond motifs is 1. The molecule has 210 valence electrons. The Morgan fingerprint density at radius 1 is 0.525 bits per heavy atom. The van der Waals surface area contributed by atoms with Crippen LogP contribution in [0.4, 0.5) is 0 Å². The second-order valence-electron chi connectivity index (χ2n) is 12.2. The van der Waals surface area contributed by atoms with E-state index in [4.69, 9.17) is 0 Å².